The van der Waals surface area contributed by atoms with E-state index in [9.17, 15) is 14.3 Å². The van der Waals surface area contributed by atoms with Crippen LogP contribution in [0.15, 0.2) is 54.4 Å². The Balaban J connectivity index is 1.15. The van der Waals surface area contributed by atoms with Gasteiger partial charge in [0.05, 0.1) is 34.7 Å². The first-order valence-corrected chi connectivity index (χ1v) is 17.1. The van der Waals surface area contributed by atoms with E-state index in [4.69, 9.17) is 28.3 Å². The fourth-order valence-corrected chi connectivity index (χ4v) is 7.69. The molecule has 2 unspecified atom stereocenters. The molecule has 0 saturated carbocycles. The minimum absolute atomic E-state index is 0.167. The molecule has 0 spiro atoms. The molecule has 3 aromatic heterocycles. The number of rotatable bonds is 9. The molecule has 1 saturated heterocycles. The number of aliphatic hydroxyl groups excluding tert-OH is 1. The molecule has 5 aromatic rings. The van der Waals surface area contributed by atoms with Gasteiger partial charge in [0.1, 0.15) is 11.7 Å². The highest BCUT2D eigenvalue weighted by Gasteiger charge is 2.34. The van der Waals surface area contributed by atoms with E-state index in [0.717, 1.165) is 50.0 Å². The van der Waals surface area contributed by atoms with Gasteiger partial charge in [-0.05, 0) is 62.4 Å². The summed E-state index contributed by atoms with van der Waals surface area (Å²) >= 11 is 15.1. The van der Waals surface area contributed by atoms with Gasteiger partial charge in [-0.2, -0.15) is 5.10 Å². The number of carbonyl (C=O) groups is 1. The van der Waals surface area contributed by atoms with Crippen molar-refractivity contribution in [3.05, 3.63) is 81.4 Å². The first-order valence-electron chi connectivity index (χ1n) is 15.5. The van der Waals surface area contributed by atoms with Crippen molar-refractivity contribution >= 4 is 56.5 Å². The maximum atomic E-state index is 14.3. The third kappa shape index (κ3) is 6.18. The Morgan fingerprint density at radius 1 is 1.20 bits per heavy atom. The van der Waals surface area contributed by atoms with Gasteiger partial charge >= 0.3 is 0 Å². The lowest BCUT2D eigenvalue weighted by Gasteiger charge is -2.33. The number of halogens is 3. The number of hydrogen-bond donors (Lipinski definition) is 2. The largest absolute Gasteiger partial charge is 0.393 e. The highest BCUT2D eigenvalue weighted by Crippen LogP contribution is 2.39. The van der Waals surface area contributed by atoms with Crippen LogP contribution in [0.1, 0.15) is 42.8 Å². The van der Waals surface area contributed by atoms with Crippen LogP contribution < -0.4 is 5.32 Å². The predicted molar refractivity (Wildman–Crippen MR) is 179 cm³/mol. The summed E-state index contributed by atoms with van der Waals surface area (Å²) in [5.74, 6) is -0.00000304. The molecule has 2 aliphatic rings. The second-order valence-corrected chi connectivity index (χ2v) is 13.9. The van der Waals surface area contributed by atoms with E-state index in [1.807, 2.05) is 25.1 Å². The van der Waals surface area contributed by atoms with E-state index in [-0.39, 0.29) is 19.1 Å². The Bertz CT molecular complexity index is 1850. The monoisotopic (exact) mass is 681 g/mol. The quantitative estimate of drug-likeness (QED) is 0.186. The molecule has 240 valence electrons. The number of piperidine rings is 1. The van der Waals surface area contributed by atoms with Crippen LogP contribution in [0.2, 0.25) is 10.0 Å². The Morgan fingerprint density at radius 2 is 1.98 bits per heavy atom. The summed E-state index contributed by atoms with van der Waals surface area (Å²) in [6, 6.07) is 9.14. The van der Waals surface area contributed by atoms with Crippen LogP contribution in [0, 0.1) is 5.92 Å². The lowest BCUT2D eigenvalue weighted by Crippen LogP contribution is -2.38. The summed E-state index contributed by atoms with van der Waals surface area (Å²) in [7, 11) is 0. The van der Waals surface area contributed by atoms with Crippen LogP contribution in [0.5, 0.6) is 0 Å². The molecule has 2 aliphatic heterocycles. The number of imidazole rings is 1. The molecule has 0 aliphatic carbocycles. The number of carbonyl (C=O) groups excluding carboxylic acids is 1. The number of nitrogens with zero attached hydrogens (tertiary/aromatic N) is 6. The number of aliphatic hydroxyl groups is 1. The summed E-state index contributed by atoms with van der Waals surface area (Å²) in [6.07, 6.45) is 6.77. The van der Waals surface area contributed by atoms with Gasteiger partial charge in [0.15, 0.2) is 11.2 Å². The van der Waals surface area contributed by atoms with Crippen molar-refractivity contribution in [2.24, 2.45) is 5.92 Å². The van der Waals surface area contributed by atoms with E-state index < -0.39 is 18.1 Å². The van der Waals surface area contributed by atoms with Crippen molar-refractivity contribution < 1.29 is 14.3 Å². The molecular weight excluding hydrogens is 648 g/mol. The van der Waals surface area contributed by atoms with Gasteiger partial charge < -0.3 is 14.6 Å². The van der Waals surface area contributed by atoms with E-state index in [2.05, 4.69) is 32.3 Å². The Hall–Kier alpha value is -3.35. The number of thiazole rings is 1. The third-order valence-electron chi connectivity index (χ3n) is 9.22. The fourth-order valence-electron chi connectivity index (χ4n) is 6.61. The number of alkyl halides is 1. The van der Waals surface area contributed by atoms with Crippen LogP contribution in [0.4, 0.5) is 9.52 Å². The van der Waals surface area contributed by atoms with E-state index in [0.29, 0.717) is 43.4 Å². The molecule has 1 amide bonds. The first-order chi connectivity index (χ1) is 22.2. The molecule has 0 radical (unpaired) electrons. The number of aromatic nitrogens is 5. The van der Waals surface area contributed by atoms with Crippen molar-refractivity contribution in [3.63, 3.8) is 0 Å². The number of fused-ring (bicyclic) bond motifs is 2. The molecule has 1 fully saturated rings. The average Bonchev–Trinajstić information content (AvgIpc) is 3.85. The van der Waals surface area contributed by atoms with E-state index >= 15 is 0 Å². The van der Waals surface area contributed by atoms with Gasteiger partial charge in [-0.1, -0.05) is 47.5 Å². The summed E-state index contributed by atoms with van der Waals surface area (Å²) < 4.78 is 17.6. The number of nitrogens with one attached hydrogen (secondary N) is 1. The number of hydrogen-bond acceptors (Lipinski definition) is 7. The fraction of sp³-hybridized carbons (Fsp3) is 0.394. The molecule has 2 N–H and O–H groups in total. The maximum Gasteiger partial charge on any atom is 0.257 e. The topological polar surface area (TPSA) is 101 Å². The van der Waals surface area contributed by atoms with Gasteiger partial charge in [0, 0.05) is 47.4 Å². The van der Waals surface area contributed by atoms with Gasteiger partial charge in [-0.25, -0.2) is 14.4 Å². The maximum absolute atomic E-state index is 14.3. The zero-order valence-corrected chi connectivity index (χ0v) is 27.6. The van der Waals surface area contributed by atoms with Crippen LogP contribution in [-0.4, -0.2) is 72.1 Å². The summed E-state index contributed by atoms with van der Waals surface area (Å²) in [4.78, 5) is 24.9. The zero-order chi connectivity index (χ0) is 31.9. The number of benzene rings is 2. The lowest BCUT2D eigenvalue weighted by molar-refractivity contribution is -0.118. The van der Waals surface area contributed by atoms with Crippen molar-refractivity contribution in [2.75, 3.05) is 25.0 Å². The average molecular weight is 683 g/mol. The normalized spacial score (nSPS) is 18.6. The van der Waals surface area contributed by atoms with Crippen LogP contribution in [0.3, 0.4) is 0 Å². The standard InChI is InChI=1S/C33H34Cl2FN7O2S/c1-19(44)21-7-11-41(12-8-21)10-6-20-2-4-22(5-3-20)24-15-26(34)25-17-43(40-29(25)28(24)35)31(32(45)39-33-37-9-13-46-33)30-27-14-23(36)16-42(27)18-38-30/h2-5,9,13,15,17-19,21,23,31,44H,6-8,10-12,14,16H2,1H3,(H,37,39,45)/t19?,23-,31?/m1/s1. The van der Waals surface area contributed by atoms with Crippen molar-refractivity contribution in [2.45, 2.75) is 57.5 Å². The smallest absolute Gasteiger partial charge is 0.257 e. The molecule has 13 heteroatoms. The third-order valence-corrected chi connectivity index (χ3v) is 10.6. The van der Waals surface area contributed by atoms with Gasteiger partial charge in [-0.15, -0.1) is 11.3 Å². The van der Waals surface area contributed by atoms with Crippen LogP contribution >= 0.6 is 34.5 Å². The predicted octanol–water partition coefficient (Wildman–Crippen LogP) is 6.42. The van der Waals surface area contributed by atoms with Crippen molar-refractivity contribution in [3.8, 4) is 11.1 Å². The minimum atomic E-state index is -1.04. The van der Waals surface area contributed by atoms with Gasteiger partial charge in [0.25, 0.3) is 5.91 Å². The van der Waals surface area contributed by atoms with Crippen LogP contribution in [0.25, 0.3) is 22.0 Å². The van der Waals surface area contributed by atoms with E-state index in [1.165, 1.54) is 21.6 Å². The first kappa shape index (κ1) is 31.3. The second-order valence-electron chi connectivity index (χ2n) is 12.2. The molecule has 7 rings (SSSR count). The Labute approximate surface area is 280 Å². The molecular formula is C33H34Cl2FN7O2S. The highest BCUT2D eigenvalue weighted by atomic mass is 35.5. The number of likely N-dealkylation sites (tertiary alicyclic amines) is 1. The van der Waals surface area contributed by atoms with E-state index in [1.54, 1.807) is 28.7 Å². The summed E-state index contributed by atoms with van der Waals surface area (Å²) in [5, 5.41) is 21.2. The molecule has 0 bridgehead atoms. The minimum Gasteiger partial charge on any atom is -0.393 e. The lowest BCUT2D eigenvalue weighted by atomic mass is 9.92. The molecule has 9 nitrogen and oxygen atoms in total. The molecule has 46 heavy (non-hydrogen) atoms. The summed E-state index contributed by atoms with van der Waals surface area (Å²) in [6.45, 7) is 5.10. The van der Waals surface area contributed by atoms with Crippen molar-refractivity contribution in [1.29, 1.82) is 0 Å². The van der Waals surface area contributed by atoms with Crippen LogP contribution in [-0.2, 0) is 24.2 Å². The Kier molecular flexibility index (Phi) is 8.86. The van der Waals surface area contributed by atoms with Gasteiger partial charge in [-0.3, -0.25) is 14.8 Å². The summed E-state index contributed by atoms with van der Waals surface area (Å²) in [5.41, 5.74) is 4.42. The molecule has 3 atom stereocenters. The number of anilines is 1. The highest BCUT2D eigenvalue weighted by molar-refractivity contribution is 7.13. The SMILES string of the molecule is CC(O)C1CCN(CCc2ccc(-c3cc(Cl)c4cn(C(C(=O)Nc5nccs5)c5ncn6c5C[C@@H](F)C6)nc4c3Cl)cc2)CC1. The van der Waals surface area contributed by atoms with Gasteiger partial charge in [0.2, 0.25) is 0 Å². The zero-order valence-electron chi connectivity index (χ0n) is 25.2. The molecule has 2 aromatic carbocycles. The Morgan fingerprint density at radius 3 is 2.70 bits per heavy atom. The second kappa shape index (κ2) is 13.0. The number of amides is 1. The van der Waals surface area contributed by atoms with Crippen molar-refractivity contribution in [1.82, 2.24) is 29.2 Å². The molecule has 5 heterocycles.